The molecule has 0 radical (unpaired) electrons. The maximum atomic E-state index is 11.2. The highest BCUT2D eigenvalue weighted by Gasteiger charge is 2.10. The Morgan fingerprint density at radius 3 is 3.00 bits per heavy atom. The van der Waals surface area contributed by atoms with Crippen molar-refractivity contribution in [2.24, 2.45) is 5.84 Å². The Bertz CT molecular complexity index is 557. The first-order valence-corrected chi connectivity index (χ1v) is 6.93. The molecule has 5 nitrogen and oxygen atoms in total. The van der Waals surface area contributed by atoms with E-state index in [-0.39, 0.29) is 11.7 Å². The molecule has 2 aromatic rings. The van der Waals surface area contributed by atoms with Gasteiger partial charge in [-0.2, -0.15) is 0 Å². The van der Waals surface area contributed by atoms with Crippen LogP contribution in [-0.4, -0.2) is 16.0 Å². The van der Waals surface area contributed by atoms with Gasteiger partial charge in [0, 0.05) is 16.0 Å². The SMILES string of the molecule is NNC(=O)c1nc(CSc2ccccc2O)cs1. The van der Waals surface area contributed by atoms with Crippen LogP contribution >= 0.6 is 23.1 Å². The monoisotopic (exact) mass is 281 g/mol. The predicted molar refractivity (Wildman–Crippen MR) is 71.4 cm³/mol. The third-order valence-electron chi connectivity index (χ3n) is 2.12. The standard InChI is InChI=1S/C11H11N3O2S2/c12-14-10(16)11-13-7(6-18-11)5-17-9-4-2-1-3-8(9)15/h1-4,6,15H,5,12H2,(H,14,16). The lowest BCUT2D eigenvalue weighted by atomic mass is 10.3. The van der Waals surface area contributed by atoms with Crippen molar-refractivity contribution in [3.8, 4) is 5.75 Å². The molecule has 18 heavy (non-hydrogen) atoms. The molecule has 1 aromatic heterocycles. The molecule has 0 saturated heterocycles. The van der Waals surface area contributed by atoms with Crippen molar-refractivity contribution in [3.63, 3.8) is 0 Å². The lowest BCUT2D eigenvalue weighted by Gasteiger charge is -2.01. The van der Waals surface area contributed by atoms with Crippen LogP contribution in [0.1, 0.15) is 15.5 Å². The molecule has 4 N–H and O–H groups in total. The summed E-state index contributed by atoms with van der Waals surface area (Å²) in [5.74, 6) is 5.47. The van der Waals surface area contributed by atoms with Gasteiger partial charge in [0.2, 0.25) is 0 Å². The van der Waals surface area contributed by atoms with Gasteiger partial charge in [0.15, 0.2) is 5.01 Å². The molecule has 1 amide bonds. The number of hydrogen-bond acceptors (Lipinski definition) is 6. The Balaban J connectivity index is 2.01. The van der Waals surface area contributed by atoms with Gasteiger partial charge in [0.05, 0.1) is 5.69 Å². The molecule has 0 spiro atoms. The first-order valence-electron chi connectivity index (χ1n) is 5.07. The first kappa shape index (κ1) is 12.9. The van der Waals surface area contributed by atoms with Gasteiger partial charge in [-0.15, -0.1) is 23.1 Å². The second-order valence-electron chi connectivity index (χ2n) is 3.37. The lowest BCUT2D eigenvalue weighted by molar-refractivity contribution is 0.0953. The minimum atomic E-state index is -0.390. The number of aromatic nitrogens is 1. The van der Waals surface area contributed by atoms with Crippen LogP contribution in [0.3, 0.4) is 0 Å². The molecule has 0 aliphatic carbocycles. The molecule has 0 aliphatic heterocycles. The van der Waals surface area contributed by atoms with E-state index in [1.165, 1.54) is 23.1 Å². The molecular weight excluding hydrogens is 270 g/mol. The largest absolute Gasteiger partial charge is 0.507 e. The Labute approximate surface area is 112 Å². The number of carbonyl (C=O) groups excluding carboxylic acids is 1. The molecule has 1 heterocycles. The molecule has 94 valence electrons. The summed E-state index contributed by atoms with van der Waals surface area (Å²) in [4.78, 5) is 16.2. The Morgan fingerprint density at radius 1 is 1.50 bits per heavy atom. The summed E-state index contributed by atoms with van der Waals surface area (Å²) in [6.45, 7) is 0. The van der Waals surface area contributed by atoms with E-state index in [9.17, 15) is 9.90 Å². The van der Waals surface area contributed by atoms with Crippen LogP contribution in [0.2, 0.25) is 0 Å². The zero-order valence-electron chi connectivity index (χ0n) is 9.29. The second-order valence-corrected chi connectivity index (χ2v) is 5.25. The minimum absolute atomic E-state index is 0.248. The van der Waals surface area contributed by atoms with Gasteiger partial charge in [0.1, 0.15) is 5.75 Å². The van der Waals surface area contributed by atoms with Crippen LogP contribution in [0.25, 0.3) is 0 Å². The van der Waals surface area contributed by atoms with Crippen molar-refractivity contribution < 1.29 is 9.90 Å². The molecular formula is C11H11N3O2S2. The van der Waals surface area contributed by atoms with Gasteiger partial charge in [-0.1, -0.05) is 12.1 Å². The Kier molecular flexibility index (Phi) is 4.19. The molecule has 0 fully saturated rings. The number of nitrogens with two attached hydrogens (primary N) is 1. The van der Waals surface area contributed by atoms with E-state index in [0.29, 0.717) is 10.8 Å². The highest BCUT2D eigenvalue weighted by Crippen LogP contribution is 2.30. The number of hydrogen-bond donors (Lipinski definition) is 3. The summed E-state index contributed by atoms with van der Waals surface area (Å²) in [6, 6.07) is 7.10. The summed E-state index contributed by atoms with van der Waals surface area (Å²) >= 11 is 2.71. The van der Waals surface area contributed by atoms with Crippen LogP contribution in [0.4, 0.5) is 0 Å². The van der Waals surface area contributed by atoms with Crippen molar-refractivity contribution in [1.29, 1.82) is 0 Å². The number of carbonyl (C=O) groups is 1. The number of aromatic hydroxyl groups is 1. The number of phenolic OH excluding ortho intramolecular Hbond substituents is 1. The van der Waals surface area contributed by atoms with Gasteiger partial charge in [-0.3, -0.25) is 10.2 Å². The summed E-state index contributed by atoms with van der Waals surface area (Å²) in [5.41, 5.74) is 2.82. The van der Waals surface area contributed by atoms with Gasteiger partial charge >= 0.3 is 0 Å². The van der Waals surface area contributed by atoms with E-state index in [1.54, 1.807) is 17.5 Å². The minimum Gasteiger partial charge on any atom is -0.507 e. The number of para-hydroxylation sites is 1. The number of nitrogens with one attached hydrogen (secondary N) is 1. The first-order chi connectivity index (χ1) is 8.70. The topological polar surface area (TPSA) is 88.2 Å². The zero-order valence-corrected chi connectivity index (χ0v) is 10.9. The van der Waals surface area contributed by atoms with Crippen molar-refractivity contribution in [2.45, 2.75) is 10.6 Å². The van der Waals surface area contributed by atoms with Crippen LogP contribution < -0.4 is 11.3 Å². The molecule has 0 saturated carbocycles. The van der Waals surface area contributed by atoms with E-state index in [1.807, 2.05) is 17.6 Å². The molecule has 2 rings (SSSR count). The highest BCUT2D eigenvalue weighted by atomic mass is 32.2. The fraction of sp³-hybridized carbons (Fsp3) is 0.0909. The Hall–Kier alpha value is -1.57. The zero-order chi connectivity index (χ0) is 13.0. The maximum absolute atomic E-state index is 11.2. The second kappa shape index (κ2) is 5.85. The Morgan fingerprint density at radius 2 is 2.28 bits per heavy atom. The van der Waals surface area contributed by atoms with Crippen molar-refractivity contribution in [2.75, 3.05) is 0 Å². The number of hydrazine groups is 1. The molecule has 0 atom stereocenters. The fourth-order valence-corrected chi connectivity index (χ4v) is 2.94. The number of thioether (sulfide) groups is 1. The predicted octanol–water partition coefficient (Wildman–Crippen LogP) is 1.74. The van der Waals surface area contributed by atoms with Crippen LogP contribution in [-0.2, 0) is 5.75 Å². The maximum Gasteiger partial charge on any atom is 0.294 e. The smallest absolute Gasteiger partial charge is 0.294 e. The van der Waals surface area contributed by atoms with Gasteiger partial charge in [0.25, 0.3) is 5.91 Å². The molecule has 7 heteroatoms. The van der Waals surface area contributed by atoms with E-state index in [4.69, 9.17) is 5.84 Å². The average molecular weight is 281 g/mol. The number of nitrogens with zero attached hydrogens (tertiary/aromatic N) is 1. The van der Waals surface area contributed by atoms with E-state index in [0.717, 1.165) is 10.6 Å². The normalized spacial score (nSPS) is 10.3. The van der Waals surface area contributed by atoms with Crippen LogP contribution in [0.5, 0.6) is 5.75 Å². The van der Waals surface area contributed by atoms with E-state index in [2.05, 4.69) is 4.98 Å². The number of benzene rings is 1. The third kappa shape index (κ3) is 3.00. The summed E-state index contributed by atoms with van der Waals surface area (Å²) in [6.07, 6.45) is 0. The third-order valence-corrected chi connectivity index (χ3v) is 4.10. The molecule has 0 aliphatic rings. The van der Waals surface area contributed by atoms with E-state index < -0.39 is 0 Å². The van der Waals surface area contributed by atoms with Crippen molar-refractivity contribution in [3.05, 3.63) is 40.3 Å². The van der Waals surface area contributed by atoms with Crippen molar-refractivity contribution >= 4 is 29.0 Å². The van der Waals surface area contributed by atoms with Crippen LogP contribution in [0, 0.1) is 0 Å². The number of phenols is 1. The van der Waals surface area contributed by atoms with E-state index >= 15 is 0 Å². The summed E-state index contributed by atoms with van der Waals surface area (Å²) < 4.78 is 0. The number of amides is 1. The average Bonchev–Trinajstić information content (AvgIpc) is 2.86. The molecule has 1 aromatic carbocycles. The summed E-state index contributed by atoms with van der Waals surface area (Å²) in [7, 11) is 0. The fourth-order valence-electron chi connectivity index (χ4n) is 1.27. The quantitative estimate of drug-likeness (QED) is 0.344. The molecule has 0 bridgehead atoms. The van der Waals surface area contributed by atoms with Crippen molar-refractivity contribution in [1.82, 2.24) is 10.4 Å². The number of nitrogen functional groups attached to an aromatic ring is 1. The summed E-state index contributed by atoms with van der Waals surface area (Å²) in [5, 5.41) is 11.7. The number of rotatable bonds is 4. The van der Waals surface area contributed by atoms with Crippen LogP contribution in [0.15, 0.2) is 34.5 Å². The highest BCUT2D eigenvalue weighted by molar-refractivity contribution is 7.98. The van der Waals surface area contributed by atoms with Gasteiger partial charge in [-0.05, 0) is 12.1 Å². The van der Waals surface area contributed by atoms with Gasteiger partial charge < -0.3 is 5.11 Å². The molecule has 0 unspecified atom stereocenters. The number of thiazole rings is 1. The van der Waals surface area contributed by atoms with Gasteiger partial charge in [-0.25, -0.2) is 10.8 Å². The lowest BCUT2D eigenvalue weighted by Crippen LogP contribution is -2.29.